The van der Waals surface area contributed by atoms with E-state index < -0.39 is 0 Å². The van der Waals surface area contributed by atoms with Crippen LogP contribution in [0.2, 0.25) is 0 Å². The minimum Gasteiger partial charge on any atom is -0.497 e. The number of rotatable bonds is 4. The zero-order valence-electron chi connectivity index (χ0n) is 13.2. The number of fused-ring (bicyclic) bond motifs is 1. The number of urea groups is 1. The van der Waals surface area contributed by atoms with Crippen LogP contribution < -0.4 is 15.4 Å². The molecule has 5 heteroatoms. The molecule has 0 heterocycles. The predicted molar refractivity (Wildman–Crippen MR) is 101 cm³/mol. The monoisotopic (exact) mass is 384 g/mol. The minimum atomic E-state index is -0.236. The van der Waals surface area contributed by atoms with E-state index in [1.807, 2.05) is 60.7 Å². The molecular formula is C19H17BrN2O2. The Balaban J connectivity index is 1.62. The molecule has 0 aliphatic carbocycles. The summed E-state index contributed by atoms with van der Waals surface area (Å²) < 4.78 is 6.15. The van der Waals surface area contributed by atoms with Crippen molar-refractivity contribution in [1.29, 1.82) is 0 Å². The maximum absolute atomic E-state index is 12.1. The van der Waals surface area contributed by atoms with E-state index in [2.05, 4.69) is 26.6 Å². The van der Waals surface area contributed by atoms with E-state index in [-0.39, 0.29) is 6.03 Å². The van der Waals surface area contributed by atoms with Gasteiger partial charge in [-0.15, -0.1) is 0 Å². The number of nitrogens with one attached hydrogen (secondary N) is 2. The van der Waals surface area contributed by atoms with Gasteiger partial charge in [-0.2, -0.15) is 0 Å². The molecule has 0 spiro atoms. The molecule has 3 rings (SSSR count). The lowest BCUT2D eigenvalue weighted by Crippen LogP contribution is -2.28. The molecule has 2 N–H and O–H groups in total. The number of halogens is 1. The van der Waals surface area contributed by atoms with Gasteiger partial charge in [-0.1, -0.05) is 46.3 Å². The average molecular weight is 385 g/mol. The summed E-state index contributed by atoms with van der Waals surface area (Å²) in [6, 6.07) is 19.2. The molecule has 2 amide bonds. The van der Waals surface area contributed by atoms with Gasteiger partial charge in [0.2, 0.25) is 0 Å². The largest absolute Gasteiger partial charge is 0.497 e. The van der Waals surface area contributed by atoms with E-state index in [1.165, 1.54) is 0 Å². The number of amides is 2. The van der Waals surface area contributed by atoms with Gasteiger partial charge in [-0.25, -0.2) is 4.79 Å². The number of carbonyl (C=O) groups excluding carboxylic acids is 1. The Bertz CT molecular complexity index is 863. The highest BCUT2D eigenvalue weighted by molar-refractivity contribution is 9.10. The standard InChI is InChI=1S/C19H17BrN2O2/c1-24-16-8-5-13(6-9-16)12-21-19(23)22-15-7-10-17-14(11-15)3-2-4-18(17)20/h2-11H,12H2,1H3,(H2,21,22,23). The van der Waals surface area contributed by atoms with Crippen molar-refractivity contribution < 1.29 is 9.53 Å². The first kappa shape index (κ1) is 16.3. The van der Waals surface area contributed by atoms with Gasteiger partial charge < -0.3 is 15.4 Å². The van der Waals surface area contributed by atoms with Crippen LogP contribution in [-0.4, -0.2) is 13.1 Å². The lowest BCUT2D eigenvalue weighted by atomic mass is 10.1. The first-order valence-corrected chi connectivity index (χ1v) is 8.31. The van der Waals surface area contributed by atoms with E-state index in [1.54, 1.807) is 7.11 Å². The van der Waals surface area contributed by atoms with Crippen molar-refractivity contribution in [2.75, 3.05) is 12.4 Å². The van der Waals surface area contributed by atoms with Crippen molar-refractivity contribution in [1.82, 2.24) is 5.32 Å². The highest BCUT2D eigenvalue weighted by atomic mass is 79.9. The van der Waals surface area contributed by atoms with Crippen molar-refractivity contribution in [3.8, 4) is 5.75 Å². The molecule has 0 atom stereocenters. The summed E-state index contributed by atoms with van der Waals surface area (Å²) in [5.41, 5.74) is 1.77. The number of hydrogen-bond acceptors (Lipinski definition) is 2. The van der Waals surface area contributed by atoms with E-state index in [0.29, 0.717) is 6.54 Å². The third kappa shape index (κ3) is 3.86. The van der Waals surface area contributed by atoms with Gasteiger partial charge in [0.25, 0.3) is 0 Å². The molecule has 0 aliphatic heterocycles. The quantitative estimate of drug-likeness (QED) is 0.669. The van der Waals surface area contributed by atoms with Crippen molar-refractivity contribution in [3.63, 3.8) is 0 Å². The molecule has 4 nitrogen and oxygen atoms in total. The lowest BCUT2D eigenvalue weighted by Gasteiger charge is -2.09. The normalized spacial score (nSPS) is 10.4. The second-order valence-corrected chi connectivity index (χ2v) is 6.19. The fourth-order valence-corrected chi connectivity index (χ4v) is 2.94. The minimum absolute atomic E-state index is 0.236. The van der Waals surface area contributed by atoms with Gasteiger partial charge >= 0.3 is 6.03 Å². The Hall–Kier alpha value is -2.53. The van der Waals surface area contributed by atoms with Crippen LogP contribution in [0.1, 0.15) is 5.56 Å². The summed E-state index contributed by atoms with van der Waals surface area (Å²) in [5, 5.41) is 7.88. The number of anilines is 1. The third-order valence-electron chi connectivity index (χ3n) is 3.70. The van der Waals surface area contributed by atoms with Gasteiger partial charge in [-0.3, -0.25) is 0 Å². The number of methoxy groups -OCH3 is 1. The van der Waals surface area contributed by atoms with E-state index in [0.717, 1.165) is 32.2 Å². The molecule has 0 aromatic heterocycles. The maximum atomic E-state index is 12.1. The Morgan fingerprint density at radius 3 is 2.62 bits per heavy atom. The Kier molecular flexibility index (Phi) is 5.01. The molecule has 3 aromatic carbocycles. The second-order valence-electron chi connectivity index (χ2n) is 5.33. The first-order valence-electron chi connectivity index (χ1n) is 7.52. The summed E-state index contributed by atoms with van der Waals surface area (Å²) in [6.45, 7) is 0.453. The fourth-order valence-electron chi connectivity index (χ4n) is 2.42. The zero-order valence-corrected chi connectivity index (χ0v) is 14.8. The summed E-state index contributed by atoms with van der Waals surface area (Å²) in [5.74, 6) is 0.797. The molecule has 0 radical (unpaired) electrons. The fraction of sp³-hybridized carbons (Fsp3) is 0.105. The summed E-state index contributed by atoms with van der Waals surface area (Å²) in [7, 11) is 1.63. The van der Waals surface area contributed by atoms with Crippen LogP contribution in [0.15, 0.2) is 65.1 Å². The Morgan fingerprint density at radius 2 is 1.88 bits per heavy atom. The molecular weight excluding hydrogens is 368 g/mol. The van der Waals surface area contributed by atoms with Gasteiger partial charge in [0.15, 0.2) is 0 Å². The molecule has 0 saturated heterocycles. The van der Waals surface area contributed by atoms with Crippen LogP contribution in [0.5, 0.6) is 5.75 Å². The molecule has 0 aliphatic rings. The van der Waals surface area contributed by atoms with Gasteiger partial charge in [0, 0.05) is 16.7 Å². The molecule has 122 valence electrons. The molecule has 0 unspecified atom stereocenters. The number of hydrogen-bond donors (Lipinski definition) is 2. The summed E-state index contributed by atoms with van der Waals surface area (Å²) in [6.07, 6.45) is 0. The Morgan fingerprint density at radius 1 is 1.08 bits per heavy atom. The van der Waals surface area contributed by atoms with Crippen LogP contribution in [0.3, 0.4) is 0 Å². The lowest BCUT2D eigenvalue weighted by molar-refractivity contribution is 0.251. The highest BCUT2D eigenvalue weighted by Crippen LogP contribution is 2.26. The second kappa shape index (κ2) is 7.36. The van der Waals surface area contributed by atoms with Crippen molar-refractivity contribution in [2.45, 2.75) is 6.54 Å². The SMILES string of the molecule is COc1ccc(CNC(=O)Nc2ccc3c(Br)cccc3c2)cc1. The summed E-state index contributed by atoms with van der Waals surface area (Å²) in [4.78, 5) is 12.1. The average Bonchev–Trinajstić information content (AvgIpc) is 2.60. The number of ether oxygens (including phenoxy) is 1. The van der Waals surface area contributed by atoms with Crippen molar-refractivity contribution >= 4 is 38.4 Å². The predicted octanol–water partition coefficient (Wildman–Crippen LogP) is 4.93. The molecule has 0 bridgehead atoms. The topological polar surface area (TPSA) is 50.4 Å². The maximum Gasteiger partial charge on any atom is 0.319 e. The molecule has 3 aromatic rings. The smallest absolute Gasteiger partial charge is 0.319 e. The van der Waals surface area contributed by atoms with Gasteiger partial charge in [0.05, 0.1) is 7.11 Å². The molecule has 24 heavy (non-hydrogen) atoms. The zero-order chi connectivity index (χ0) is 16.9. The van der Waals surface area contributed by atoms with Gasteiger partial charge in [-0.05, 0) is 46.7 Å². The third-order valence-corrected chi connectivity index (χ3v) is 4.39. The van der Waals surface area contributed by atoms with Crippen molar-refractivity contribution in [2.24, 2.45) is 0 Å². The summed E-state index contributed by atoms with van der Waals surface area (Å²) >= 11 is 3.52. The van der Waals surface area contributed by atoms with E-state index in [4.69, 9.17) is 4.74 Å². The van der Waals surface area contributed by atoms with Crippen LogP contribution in [0.4, 0.5) is 10.5 Å². The van der Waals surface area contributed by atoms with E-state index >= 15 is 0 Å². The molecule has 0 fully saturated rings. The van der Waals surface area contributed by atoms with Crippen molar-refractivity contribution in [3.05, 3.63) is 70.7 Å². The van der Waals surface area contributed by atoms with Crippen LogP contribution in [-0.2, 0) is 6.54 Å². The highest BCUT2D eigenvalue weighted by Gasteiger charge is 2.04. The first-order chi connectivity index (χ1) is 11.7. The number of carbonyl (C=O) groups is 1. The van der Waals surface area contributed by atoms with Crippen LogP contribution >= 0.6 is 15.9 Å². The Labute approximate surface area is 149 Å². The molecule has 0 saturated carbocycles. The van der Waals surface area contributed by atoms with Crippen LogP contribution in [0.25, 0.3) is 10.8 Å². The van der Waals surface area contributed by atoms with Gasteiger partial charge in [0.1, 0.15) is 5.75 Å². The van der Waals surface area contributed by atoms with Crippen LogP contribution in [0, 0.1) is 0 Å². The van der Waals surface area contributed by atoms with E-state index in [9.17, 15) is 4.79 Å². The number of benzene rings is 3.